The summed E-state index contributed by atoms with van der Waals surface area (Å²) in [6.45, 7) is 9.86. The summed E-state index contributed by atoms with van der Waals surface area (Å²) < 4.78 is 57.6. The second-order valence-electron chi connectivity index (χ2n) is 8.21. The van der Waals surface area contributed by atoms with Crippen LogP contribution in [0, 0.1) is 19.8 Å². The minimum atomic E-state index is -3.89. The lowest BCUT2D eigenvalue weighted by atomic mass is 10.1. The minimum Gasteiger partial charge on any atom is -0.341 e. The highest BCUT2D eigenvalue weighted by Gasteiger charge is 2.42. The van der Waals surface area contributed by atoms with Gasteiger partial charge in [0.15, 0.2) is 0 Å². The van der Waals surface area contributed by atoms with Crippen molar-refractivity contribution >= 4 is 25.9 Å². The van der Waals surface area contributed by atoms with Gasteiger partial charge in [0.25, 0.3) is 10.0 Å². The molecule has 1 atom stereocenters. The first-order chi connectivity index (χ1) is 14.4. The molecule has 2 aromatic carbocycles. The maximum Gasteiger partial charge on any atom is 0.283 e. The third-order valence-corrected chi connectivity index (χ3v) is 8.64. The molecule has 1 aliphatic rings. The Kier molecular flexibility index (Phi) is 6.59. The van der Waals surface area contributed by atoms with Gasteiger partial charge in [-0.05, 0) is 51.0 Å². The summed E-state index contributed by atoms with van der Waals surface area (Å²) in [7, 11) is -7.62. The van der Waals surface area contributed by atoms with Crippen molar-refractivity contribution in [1.82, 2.24) is 9.21 Å². The summed E-state index contributed by atoms with van der Waals surface area (Å²) in [4.78, 5) is 2.11. The molecule has 0 unspecified atom stereocenters. The molecule has 1 fully saturated rings. The summed E-state index contributed by atoms with van der Waals surface area (Å²) in [5, 5.41) is 0. The quantitative estimate of drug-likeness (QED) is 0.501. The summed E-state index contributed by atoms with van der Waals surface area (Å²) in [6, 6.07) is 13.2. The van der Waals surface area contributed by atoms with Gasteiger partial charge in [0.1, 0.15) is 5.84 Å². The lowest BCUT2D eigenvalue weighted by Gasteiger charge is -2.33. The molecule has 0 saturated carbocycles. The van der Waals surface area contributed by atoms with E-state index in [1.165, 1.54) is 16.4 Å². The lowest BCUT2D eigenvalue weighted by molar-refractivity contribution is 0.211. The van der Waals surface area contributed by atoms with Crippen LogP contribution >= 0.6 is 0 Å². The Morgan fingerprint density at radius 2 is 1.35 bits per heavy atom. The largest absolute Gasteiger partial charge is 0.341 e. The molecule has 2 aromatic rings. The van der Waals surface area contributed by atoms with Gasteiger partial charge in [0, 0.05) is 13.1 Å². The van der Waals surface area contributed by atoms with Crippen LogP contribution in [0.3, 0.4) is 0 Å². The number of benzene rings is 2. The van der Waals surface area contributed by atoms with Gasteiger partial charge in [0.2, 0.25) is 10.0 Å². The molecular formula is C22H29N3O4S2. The van der Waals surface area contributed by atoms with Crippen molar-refractivity contribution in [3.63, 3.8) is 0 Å². The van der Waals surface area contributed by atoms with Gasteiger partial charge in [-0.1, -0.05) is 49.2 Å². The highest BCUT2D eigenvalue weighted by atomic mass is 32.2. The number of hydrogen-bond acceptors (Lipinski definition) is 4. The van der Waals surface area contributed by atoms with Crippen LogP contribution in [0.1, 0.15) is 31.9 Å². The van der Waals surface area contributed by atoms with Crippen LogP contribution in [-0.2, 0) is 20.0 Å². The molecule has 1 saturated heterocycles. The van der Waals surface area contributed by atoms with Crippen LogP contribution in [0.2, 0.25) is 0 Å². The van der Waals surface area contributed by atoms with E-state index in [1.807, 2.05) is 27.7 Å². The molecule has 0 aromatic heterocycles. The van der Waals surface area contributed by atoms with Crippen molar-refractivity contribution in [3.8, 4) is 0 Å². The Morgan fingerprint density at radius 1 is 0.871 bits per heavy atom. The molecular weight excluding hydrogens is 434 g/mol. The van der Waals surface area contributed by atoms with Crippen molar-refractivity contribution in [1.29, 1.82) is 0 Å². The Bertz CT molecular complexity index is 1170. The lowest BCUT2D eigenvalue weighted by Crippen LogP contribution is -2.47. The fourth-order valence-corrected chi connectivity index (χ4v) is 6.52. The van der Waals surface area contributed by atoms with E-state index in [-0.39, 0.29) is 28.1 Å². The Hall–Kier alpha value is -2.23. The van der Waals surface area contributed by atoms with Crippen molar-refractivity contribution in [2.45, 2.75) is 50.6 Å². The summed E-state index contributed by atoms with van der Waals surface area (Å²) in [5.74, 6) is 0.204. The van der Waals surface area contributed by atoms with Crippen molar-refractivity contribution < 1.29 is 16.8 Å². The van der Waals surface area contributed by atoms with Crippen molar-refractivity contribution in [2.75, 3.05) is 13.1 Å². The SMILES string of the molecule is CC(=NS(=O)(=O)c1ccc(C)cc1)N1CCN(S(=O)(=O)c2ccc(C)cc2)[C@H]1C(C)C. The average molecular weight is 464 g/mol. The third kappa shape index (κ3) is 4.83. The zero-order valence-electron chi connectivity index (χ0n) is 18.5. The van der Waals surface area contributed by atoms with Crippen molar-refractivity contribution in [3.05, 3.63) is 59.7 Å². The molecule has 0 radical (unpaired) electrons. The van der Waals surface area contributed by atoms with Gasteiger partial charge in [-0.15, -0.1) is 4.40 Å². The number of sulfonamides is 2. The van der Waals surface area contributed by atoms with Gasteiger partial charge >= 0.3 is 0 Å². The smallest absolute Gasteiger partial charge is 0.283 e. The predicted octanol–water partition coefficient (Wildman–Crippen LogP) is 3.40. The van der Waals surface area contributed by atoms with E-state index in [1.54, 1.807) is 48.2 Å². The molecule has 9 heteroatoms. The Labute approximate surface area is 185 Å². The fourth-order valence-electron chi connectivity index (χ4n) is 3.77. The number of aryl methyl sites for hydroxylation is 2. The minimum absolute atomic E-state index is 0.0741. The zero-order chi connectivity index (χ0) is 23.0. The summed E-state index contributed by atoms with van der Waals surface area (Å²) in [6.07, 6.45) is -0.525. The predicted molar refractivity (Wildman–Crippen MR) is 122 cm³/mol. The molecule has 1 aliphatic heterocycles. The molecule has 7 nitrogen and oxygen atoms in total. The van der Waals surface area contributed by atoms with Gasteiger partial charge in [-0.2, -0.15) is 12.7 Å². The van der Waals surface area contributed by atoms with E-state index in [2.05, 4.69) is 4.40 Å². The monoisotopic (exact) mass is 463 g/mol. The Balaban J connectivity index is 1.94. The maximum atomic E-state index is 13.3. The molecule has 0 spiro atoms. The first-order valence-corrected chi connectivity index (χ1v) is 13.0. The molecule has 0 aliphatic carbocycles. The molecule has 0 amide bonds. The van der Waals surface area contributed by atoms with Crippen LogP contribution in [0.4, 0.5) is 0 Å². The third-order valence-electron chi connectivity index (χ3n) is 5.39. The molecule has 3 rings (SSSR count). The molecule has 1 heterocycles. The highest BCUT2D eigenvalue weighted by Crippen LogP contribution is 2.29. The van der Waals surface area contributed by atoms with E-state index in [9.17, 15) is 16.8 Å². The Morgan fingerprint density at radius 3 is 1.84 bits per heavy atom. The van der Waals surface area contributed by atoms with E-state index in [4.69, 9.17) is 0 Å². The first kappa shape index (κ1) is 23.4. The van der Waals surface area contributed by atoms with Gasteiger partial charge < -0.3 is 4.90 Å². The molecule has 31 heavy (non-hydrogen) atoms. The number of rotatable bonds is 5. The van der Waals surface area contributed by atoms with E-state index >= 15 is 0 Å². The fraction of sp³-hybridized carbons (Fsp3) is 0.409. The first-order valence-electron chi connectivity index (χ1n) is 10.2. The van der Waals surface area contributed by atoms with E-state index in [0.29, 0.717) is 6.54 Å². The van der Waals surface area contributed by atoms with Crippen LogP contribution in [-0.4, -0.2) is 51.1 Å². The van der Waals surface area contributed by atoms with Crippen LogP contribution < -0.4 is 0 Å². The van der Waals surface area contributed by atoms with Gasteiger partial charge in [-0.25, -0.2) is 8.42 Å². The van der Waals surface area contributed by atoms with Gasteiger partial charge in [0.05, 0.1) is 16.0 Å². The van der Waals surface area contributed by atoms with E-state index in [0.717, 1.165) is 11.1 Å². The van der Waals surface area contributed by atoms with E-state index < -0.39 is 26.2 Å². The van der Waals surface area contributed by atoms with Gasteiger partial charge in [-0.3, -0.25) is 0 Å². The summed E-state index contributed by atoms with van der Waals surface area (Å²) in [5.41, 5.74) is 1.93. The molecule has 0 bridgehead atoms. The average Bonchev–Trinajstić information content (AvgIpc) is 3.15. The topological polar surface area (TPSA) is 87.1 Å². The molecule has 0 N–H and O–H groups in total. The second-order valence-corrected chi connectivity index (χ2v) is 11.7. The standard InChI is InChI=1S/C22H29N3O4S2/c1-16(2)22-24(19(5)23-30(26,27)20-10-6-17(3)7-11-20)14-15-25(22)31(28,29)21-12-8-18(4)9-13-21/h6-13,16,22H,14-15H2,1-5H3/t22-/m0/s1. The zero-order valence-corrected chi connectivity index (χ0v) is 20.1. The van der Waals surface area contributed by atoms with Crippen molar-refractivity contribution in [2.24, 2.45) is 10.3 Å². The maximum absolute atomic E-state index is 13.3. The highest BCUT2D eigenvalue weighted by molar-refractivity contribution is 7.90. The summed E-state index contributed by atoms with van der Waals surface area (Å²) >= 11 is 0. The number of nitrogens with zero attached hydrogens (tertiary/aromatic N) is 3. The second kappa shape index (κ2) is 8.72. The normalized spacial score (nSPS) is 18.7. The number of amidine groups is 1. The molecule has 168 valence electrons. The van der Waals surface area contributed by atoms with Crippen LogP contribution in [0.15, 0.2) is 62.7 Å². The number of hydrogen-bond donors (Lipinski definition) is 0. The van der Waals surface area contributed by atoms with Crippen LogP contribution in [0.25, 0.3) is 0 Å². The van der Waals surface area contributed by atoms with Crippen LogP contribution in [0.5, 0.6) is 0 Å².